The maximum Gasteiger partial charge on any atom is 0.251 e. The SMILES string of the molecule is CNC(=O)CNC(=O)CNC(=O)c1ccccc1C. The van der Waals surface area contributed by atoms with Gasteiger partial charge in [0.2, 0.25) is 11.8 Å². The third kappa shape index (κ3) is 4.79. The number of amides is 3. The van der Waals surface area contributed by atoms with Gasteiger partial charge in [-0.1, -0.05) is 18.2 Å². The van der Waals surface area contributed by atoms with Crippen molar-refractivity contribution in [1.82, 2.24) is 16.0 Å². The lowest BCUT2D eigenvalue weighted by atomic mass is 10.1. The Bertz CT molecular complexity index is 486. The molecular weight excluding hydrogens is 246 g/mol. The van der Waals surface area contributed by atoms with Gasteiger partial charge in [0, 0.05) is 12.6 Å². The van der Waals surface area contributed by atoms with Crippen molar-refractivity contribution in [2.24, 2.45) is 0 Å². The van der Waals surface area contributed by atoms with Gasteiger partial charge in [-0.15, -0.1) is 0 Å². The van der Waals surface area contributed by atoms with E-state index in [0.29, 0.717) is 5.56 Å². The van der Waals surface area contributed by atoms with E-state index in [-0.39, 0.29) is 24.9 Å². The summed E-state index contributed by atoms with van der Waals surface area (Å²) in [5.74, 6) is -1.02. The summed E-state index contributed by atoms with van der Waals surface area (Å²) in [6.45, 7) is 1.56. The van der Waals surface area contributed by atoms with Crippen LogP contribution in [0.3, 0.4) is 0 Å². The Morgan fingerprint density at radius 1 is 1.00 bits per heavy atom. The maximum absolute atomic E-state index is 11.8. The van der Waals surface area contributed by atoms with Crippen molar-refractivity contribution in [2.75, 3.05) is 20.1 Å². The van der Waals surface area contributed by atoms with Crippen LogP contribution in [0.1, 0.15) is 15.9 Å². The molecule has 0 aliphatic carbocycles. The predicted octanol–water partition coefficient (Wildman–Crippen LogP) is -0.413. The second-order valence-corrected chi connectivity index (χ2v) is 3.95. The number of carbonyl (C=O) groups excluding carboxylic acids is 3. The maximum atomic E-state index is 11.8. The van der Waals surface area contributed by atoms with Crippen molar-refractivity contribution in [3.8, 4) is 0 Å². The zero-order valence-electron chi connectivity index (χ0n) is 10.9. The molecule has 0 spiro atoms. The van der Waals surface area contributed by atoms with Crippen LogP contribution in [0.25, 0.3) is 0 Å². The Morgan fingerprint density at radius 3 is 2.26 bits per heavy atom. The molecule has 0 aliphatic heterocycles. The van der Waals surface area contributed by atoms with E-state index in [4.69, 9.17) is 0 Å². The number of aryl methyl sites for hydroxylation is 1. The molecule has 0 unspecified atom stereocenters. The monoisotopic (exact) mass is 263 g/mol. The highest BCUT2D eigenvalue weighted by Crippen LogP contribution is 2.05. The first-order chi connectivity index (χ1) is 9.04. The molecule has 0 bridgehead atoms. The number of benzene rings is 1. The van der Waals surface area contributed by atoms with Gasteiger partial charge in [-0.3, -0.25) is 14.4 Å². The van der Waals surface area contributed by atoms with E-state index in [1.807, 2.05) is 19.1 Å². The van der Waals surface area contributed by atoms with Gasteiger partial charge in [0.1, 0.15) is 0 Å². The van der Waals surface area contributed by atoms with Crippen LogP contribution >= 0.6 is 0 Å². The van der Waals surface area contributed by atoms with Crippen LogP contribution in [-0.4, -0.2) is 37.9 Å². The minimum Gasteiger partial charge on any atom is -0.358 e. The van der Waals surface area contributed by atoms with E-state index in [1.165, 1.54) is 7.05 Å². The Hall–Kier alpha value is -2.37. The summed E-state index contributed by atoms with van der Waals surface area (Å²) < 4.78 is 0. The van der Waals surface area contributed by atoms with Crippen molar-refractivity contribution in [2.45, 2.75) is 6.92 Å². The van der Waals surface area contributed by atoms with Gasteiger partial charge < -0.3 is 16.0 Å². The van der Waals surface area contributed by atoms with E-state index >= 15 is 0 Å². The molecule has 1 rings (SSSR count). The molecule has 0 aliphatic rings. The topological polar surface area (TPSA) is 87.3 Å². The van der Waals surface area contributed by atoms with Crippen LogP contribution in [0.4, 0.5) is 0 Å². The normalized spacial score (nSPS) is 9.58. The summed E-state index contributed by atoms with van der Waals surface area (Å²) in [6, 6.07) is 7.10. The van der Waals surface area contributed by atoms with Crippen molar-refractivity contribution >= 4 is 17.7 Å². The van der Waals surface area contributed by atoms with Crippen LogP contribution < -0.4 is 16.0 Å². The van der Waals surface area contributed by atoms with Crippen molar-refractivity contribution < 1.29 is 14.4 Å². The highest BCUT2D eigenvalue weighted by Gasteiger charge is 2.10. The summed E-state index contributed by atoms with van der Waals surface area (Å²) in [7, 11) is 1.48. The van der Waals surface area contributed by atoms with Crippen LogP contribution in [0.15, 0.2) is 24.3 Å². The molecule has 0 heterocycles. The number of rotatable bonds is 5. The van der Waals surface area contributed by atoms with E-state index in [0.717, 1.165) is 5.56 Å². The van der Waals surface area contributed by atoms with Gasteiger partial charge >= 0.3 is 0 Å². The quantitative estimate of drug-likeness (QED) is 0.674. The Morgan fingerprint density at radius 2 is 1.63 bits per heavy atom. The van der Waals surface area contributed by atoms with Gasteiger partial charge in [-0.25, -0.2) is 0 Å². The molecular formula is C13H17N3O3. The first-order valence-corrected chi connectivity index (χ1v) is 5.85. The molecule has 3 amide bonds. The van der Waals surface area contributed by atoms with Crippen LogP contribution in [0.2, 0.25) is 0 Å². The standard InChI is InChI=1S/C13H17N3O3/c1-9-5-3-4-6-10(9)13(19)16-8-12(18)15-7-11(17)14-2/h3-6H,7-8H2,1-2H3,(H,14,17)(H,15,18)(H,16,19). The number of carbonyl (C=O) groups is 3. The molecule has 6 nitrogen and oxygen atoms in total. The van der Waals surface area contributed by atoms with Crippen LogP contribution in [0, 0.1) is 6.92 Å². The fourth-order valence-electron chi connectivity index (χ4n) is 1.41. The van der Waals surface area contributed by atoms with Crippen LogP contribution in [-0.2, 0) is 9.59 Å². The fraction of sp³-hybridized carbons (Fsp3) is 0.308. The van der Waals surface area contributed by atoms with E-state index < -0.39 is 5.91 Å². The molecule has 0 radical (unpaired) electrons. The summed E-state index contributed by atoms with van der Waals surface area (Å²) in [4.78, 5) is 34.1. The Kier molecular flexibility index (Phi) is 5.53. The average molecular weight is 263 g/mol. The van der Waals surface area contributed by atoms with Crippen LogP contribution in [0.5, 0.6) is 0 Å². The van der Waals surface area contributed by atoms with Gasteiger partial charge in [0.25, 0.3) is 5.91 Å². The molecule has 19 heavy (non-hydrogen) atoms. The molecule has 0 saturated carbocycles. The lowest BCUT2D eigenvalue weighted by molar-refractivity contribution is -0.125. The number of hydrogen-bond acceptors (Lipinski definition) is 3. The second kappa shape index (κ2) is 7.15. The fourth-order valence-corrected chi connectivity index (χ4v) is 1.41. The molecule has 102 valence electrons. The van der Waals surface area contributed by atoms with E-state index in [1.54, 1.807) is 12.1 Å². The molecule has 0 aromatic heterocycles. The lowest BCUT2D eigenvalue weighted by Gasteiger charge is -2.08. The molecule has 6 heteroatoms. The molecule has 1 aromatic rings. The summed E-state index contributed by atoms with van der Waals surface area (Å²) in [5.41, 5.74) is 1.37. The van der Waals surface area contributed by atoms with E-state index in [2.05, 4.69) is 16.0 Å². The zero-order valence-corrected chi connectivity index (χ0v) is 10.9. The largest absolute Gasteiger partial charge is 0.358 e. The number of nitrogens with one attached hydrogen (secondary N) is 3. The minimum absolute atomic E-state index is 0.102. The zero-order chi connectivity index (χ0) is 14.3. The summed E-state index contributed by atoms with van der Waals surface area (Å²) in [5, 5.41) is 7.27. The number of likely N-dealkylation sites (N-methyl/N-ethyl adjacent to an activating group) is 1. The molecule has 0 saturated heterocycles. The van der Waals surface area contributed by atoms with Gasteiger partial charge in [-0.05, 0) is 18.6 Å². The van der Waals surface area contributed by atoms with Crippen molar-refractivity contribution in [3.63, 3.8) is 0 Å². The van der Waals surface area contributed by atoms with E-state index in [9.17, 15) is 14.4 Å². The first-order valence-electron chi connectivity index (χ1n) is 5.85. The van der Waals surface area contributed by atoms with Gasteiger partial charge in [0.15, 0.2) is 0 Å². The molecule has 3 N–H and O–H groups in total. The Labute approximate surface area is 111 Å². The molecule has 1 aromatic carbocycles. The van der Waals surface area contributed by atoms with Gasteiger partial charge in [0.05, 0.1) is 13.1 Å². The summed E-state index contributed by atoms with van der Waals surface area (Å²) in [6.07, 6.45) is 0. The smallest absolute Gasteiger partial charge is 0.251 e. The highest BCUT2D eigenvalue weighted by atomic mass is 16.2. The second-order valence-electron chi connectivity index (χ2n) is 3.95. The molecule has 0 fully saturated rings. The molecule has 0 atom stereocenters. The van der Waals surface area contributed by atoms with Crippen molar-refractivity contribution in [1.29, 1.82) is 0 Å². The average Bonchev–Trinajstić information content (AvgIpc) is 2.42. The first kappa shape index (κ1) is 14.7. The van der Waals surface area contributed by atoms with Crippen molar-refractivity contribution in [3.05, 3.63) is 35.4 Å². The Balaban J connectivity index is 2.40. The van der Waals surface area contributed by atoms with Gasteiger partial charge in [-0.2, -0.15) is 0 Å². The number of hydrogen-bond donors (Lipinski definition) is 3. The minimum atomic E-state index is -0.412. The lowest BCUT2D eigenvalue weighted by Crippen LogP contribution is -2.41. The third-order valence-electron chi connectivity index (χ3n) is 2.52. The predicted molar refractivity (Wildman–Crippen MR) is 70.6 cm³/mol. The third-order valence-corrected chi connectivity index (χ3v) is 2.52. The summed E-state index contributed by atoms with van der Waals surface area (Å²) >= 11 is 0. The highest BCUT2D eigenvalue weighted by molar-refractivity contribution is 5.97.